The van der Waals surface area contributed by atoms with E-state index in [1.807, 2.05) is 51.0 Å². The highest BCUT2D eigenvalue weighted by atomic mass is 127. The van der Waals surface area contributed by atoms with E-state index in [-0.39, 0.29) is 50.8 Å². The molecule has 0 saturated carbocycles. The van der Waals surface area contributed by atoms with E-state index in [4.69, 9.17) is 11.5 Å². The number of H-pyrrole nitrogens is 1. The normalized spacial score (nSPS) is 13.0. The van der Waals surface area contributed by atoms with Crippen molar-refractivity contribution in [3.8, 4) is 39.9 Å². The number of aromatic nitrogens is 9. The fourth-order valence-corrected chi connectivity index (χ4v) is 14.6. The number of halogens is 23. The molecule has 9 aromatic heterocycles. The van der Waals surface area contributed by atoms with Crippen LogP contribution in [0, 0.1) is 18.6 Å². The molecular formula is C78H71F21I2N14O6S3Si. The van der Waals surface area contributed by atoms with Crippen LogP contribution in [0.1, 0.15) is 61.2 Å². The molecule has 47 heteroatoms. The molecule has 0 aliphatic rings. The molecule has 9 heterocycles. The van der Waals surface area contributed by atoms with Crippen molar-refractivity contribution in [3.63, 3.8) is 0 Å². The van der Waals surface area contributed by atoms with Gasteiger partial charge < -0.3 is 21.8 Å². The van der Waals surface area contributed by atoms with Gasteiger partial charge in [-0.25, -0.2) is 50.2 Å². The fraction of sp³-hybridized carbons (Fsp3) is 0.244. The number of nitrogens with zero attached hydrogens (tertiary/aromatic N) is 8. The van der Waals surface area contributed by atoms with Crippen LogP contribution in [-0.4, -0.2) is 121 Å². The summed E-state index contributed by atoms with van der Waals surface area (Å²) in [7, 11) is -13.1. The van der Waals surface area contributed by atoms with E-state index in [1.54, 1.807) is 57.5 Å². The monoisotopic (exact) mass is 2080 g/mol. The second-order valence-electron chi connectivity index (χ2n) is 26.9. The van der Waals surface area contributed by atoms with Crippen molar-refractivity contribution in [1.82, 2.24) is 53.9 Å². The number of aryl methyl sites for hydroxylation is 1. The van der Waals surface area contributed by atoms with Crippen molar-refractivity contribution in [2.24, 2.45) is 0 Å². The zero-order valence-corrected chi connectivity index (χ0v) is 73.4. The second-order valence-corrected chi connectivity index (χ2v) is 39.8. The molecule has 20 nitrogen and oxygen atoms in total. The van der Waals surface area contributed by atoms with Crippen molar-refractivity contribution >= 4 is 123 Å². The van der Waals surface area contributed by atoms with Gasteiger partial charge in [-0.2, -0.15) is 102 Å². The molecule has 12 aromatic rings. The van der Waals surface area contributed by atoms with E-state index >= 15 is 0 Å². The summed E-state index contributed by atoms with van der Waals surface area (Å²) in [6, 6.07) is 37.1. The number of rotatable bonds is 13. The Morgan fingerprint density at radius 3 is 1.37 bits per heavy atom. The van der Waals surface area contributed by atoms with Gasteiger partial charge >= 0.3 is 43.2 Å². The minimum absolute atomic E-state index is 0.0815. The summed E-state index contributed by atoms with van der Waals surface area (Å²) in [5.74, 6) is 3.00. The zero-order valence-electron chi connectivity index (χ0n) is 65.7. The average molecular weight is 2080 g/mol. The van der Waals surface area contributed by atoms with Gasteiger partial charge in [0, 0.05) is 76.1 Å². The van der Waals surface area contributed by atoms with E-state index in [0.29, 0.717) is 60.0 Å². The molecule has 0 aliphatic heterocycles. The summed E-state index contributed by atoms with van der Waals surface area (Å²) >= 11 is 3.98. The molecule has 125 heavy (non-hydrogen) atoms. The smallest absolute Gasteiger partial charge is 0.388 e. The highest BCUT2D eigenvalue weighted by Gasteiger charge is 2.46. The molecule has 12 rings (SSSR count). The van der Waals surface area contributed by atoms with Crippen LogP contribution in [0.25, 0.3) is 50.5 Å². The summed E-state index contributed by atoms with van der Waals surface area (Å²) in [4.78, 5) is 27.4. The topological polar surface area (TPSA) is 302 Å². The summed E-state index contributed by atoms with van der Waals surface area (Å²) in [6.45, 7) is 10.2. The Morgan fingerprint density at radius 2 is 0.944 bits per heavy atom. The van der Waals surface area contributed by atoms with Gasteiger partial charge in [0.15, 0.2) is 15.1 Å². The Balaban J connectivity index is 0.000000241. The van der Waals surface area contributed by atoms with Crippen molar-refractivity contribution in [3.05, 3.63) is 248 Å². The predicted molar refractivity (Wildman–Crippen MR) is 447 cm³/mol. The van der Waals surface area contributed by atoms with E-state index in [2.05, 4.69) is 116 Å². The molecule has 0 bridgehead atoms. The number of para-hydroxylation sites is 2. The molecule has 0 aliphatic carbocycles. The molecule has 0 spiro atoms. The van der Waals surface area contributed by atoms with Crippen molar-refractivity contribution in [2.45, 2.75) is 129 Å². The van der Waals surface area contributed by atoms with Crippen LogP contribution in [0.4, 0.5) is 110 Å². The number of nitrogen functional groups attached to an aromatic ring is 2. The predicted octanol–water partition coefficient (Wildman–Crippen LogP) is 20.8. The molecule has 0 saturated heterocycles. The first-order chi connectivity index (χ1) is 57.6. The van der Waals surface area contributed by atoms with Gasteiger partial charge in [-0.05, 0) is 187 Å². The molecule has 672 valence electrons. The summed E-state index contributed by atoms with van der Waals surface area (Å²) < 4.78 is 342. The van der Waals surface area contributed by atoms with Gasteiger partial charge in [-0.3, -0.25) is 14.5 Å². The standard InChI is InChI=1S/C22H16F6N4O2S.C16H12F6N4O2S.C13H16F3NO2SSi.C9H13N.C6H4F3IN2.C6H5F3N2.C6H5I/c1-13(21(23,24)25)31-35(33,34)17-7-8-18(29-12-17)19-10-14-9-15(22(26,27)28)11-30-20(14)32(19)16-5-3-2-4-6-16;1-8(15(17,18)19)26-29(27,28)11-2-3-12(23-7-11)13-5-9-4-10(16(20,21)22)6-24-14(9)25-13;1-10(13(14,15)16)20(18,19)12-6-5-11(17-9-12)7-8-21(2,3)4;1-3-8-6-4-5-7-9(8)10-2;7-6(8,9)3-1-4(10)5(11)12-2-3;7-6(8,9)4-1-2-5(10)11-3-4;7-6-4-2-1-3-5-6/h2-13,31H,1H3;2-8,26H,1H3,(H,24,25);5-6,9-10H,1-4H3;4-7,10H,3H2,1-2H3;1-2H,(H2,11,12);1-3H,(H2,10,11);1-5H/t13-;8-;10-;;;;/m000..../s1. The molecule has 0 fully saturated rings. The van der Waals surface area contributed by atoms with Crippen LogP contribution >= 0.6 is 45.2 Å². The maximum Gasteiger partial charge on any atom is 0.417 e. The first-order valence-corrected chi connectivity index (χ1v) is 45.6. The number of benzene rings is 3. The maximum atomic E-state index is 13.2. The second kappa shape index (κ2) is 42.4. The van der Waals surface area contributed by atoms with E-state index in [1.165, 1.54) is 54.6 Å². The van der Waals surface area contributed by atoms with Crippen LogP contribution in [-0.2, 0) is 61.0 Å². The number of nitrogens with two attached hydrogens (primary N) is 2. The van der Waals surface area contributed by atoms with Crippen molar-refractivity contribution in [2.75, 3.05) is 23.8 Å². The Kier molecular flexibility index (Phi) is 35.1. The molecule has 3 aromatic carbocycles. The number of anilines is 3. The SMILES string of the molecule is CCc1ccccc1NC.C[C@@H](C(F)(F)F)S(=O)(=O)c1ccc(C#C[Si](C)(C)C)nc1.C[C@H](NS(=O)(=O)c1ccc(-c2cc3cc(C(F)(F)F)cnc3[nH]2)nc1)C(F)(F)F.C[C@H](NS(=O)(=O)c1ccc(-c2cc3cc(C(F)(F)F)cnc3n2-c2ccccc2)nc1)C(F)(F)F.Ic1ccccc1.Nc1ccc(C(F)(F)F)cn1.Nc1ncc(C(F)(F)F)cc1I. The summed E-state index contributed by atoms with van der Waals surface area (Å²) in [5.41, 5.74) is 14.7. The zero-order chi connectivity index (χ0) is 94.0. The Hall–Kier alpha value is -10.3. The first kappa shape index (κ1) is 104. The lowest BCUT2D eigenvalue weighted by molar-refractivity contribution is -0.147. The molecule has 0 unspecified atom stereocenters. The van der Waals surface area contributed by atoms with Crippen LogP contribution in [0.3, 0.4) is 0 Å². The number of sulfonamides is 2. The van der Waals surface area contributed by atoms with E-state index < -0.39 is 135 Å². The number of hydrogen-bond donors (Lipinski definition) is 6. The number of fused-ring (bicyclic) bond motifs is 2. The first-order valence-electron chi connectivity index (χ1n) is 35.4. The van der Waals surface area contributed by atoms with Gasteiger partial charge in [0.2, 0.25) is 20.0 Å². The fourth-order valence-electron chi connectivity index (χ4n) is 9.63. The molecule has 0 amide bonds. The largest absolute Gasteiger partial charge is 0.417 e. The summed E-state index contributed by atoms with van der Waals surface area (Å²) in [6.07, 6.45) is -25.7. The summed E-state index contributed by atoms with van der Waals surface area (Å²) in [5, 5.41) is 1.01. The lowest BCUT2D eigenvalue weighted by Gasteiger charge is -2.17. The lowest BCUT2D eigenvalue weighted by atomic mass is 10.1. The van der Waals surface area contributed by atoms with Gasteiger partial charge in [0.25, 0.3) is 0 Å². The van der Waals surface area contributed by atoms with Crippen LogP contribution in [0.5, 0.6) is 0 Å². The molecule has 3 atom stereocenters. The third kappa shape index (κ3) is 31.1. The maximum absolute atomic E-state index is 13.2. The number of aromatic amines is 1. The van der Waals surface area contributed by atoms with E-state index in [9.17, 15) is 117 Å². The van der Waals surface area contributed by atoms with Crippen LogP contribution in [0.15, 0.2) is 222 Å². The molecule has 0 radical (unpaired) electrons. The highest BCUT2D eigenvalue weighted by Crippen LogP contribution is 2.38. The van der Waals surface area contributed by atoms with Crippen molar-refractivity contribution in [1.29, 1.82) is 0 Å². The van der Waals surface area contributed by atoms with Gasteiger partial charge in [-0.1, -0.05) is 87.1 Å². The Labute approximate surface area is 729 Å². The third-order valence-electron chi connectivity index (χ3n) is 16.3. The van der Waals surface area contributed by atoms with Gasteiger partial charge in [-0.15, -0.1) is 5.54 Å². The Morgan fingerprint density at radius 1 is 0.480 bits per heavy atom. The third-order valence-corrected chi connectivity index (χ3v) is 23.9. The van der Waals surface area contributed by atoms with Gasteiger partial charge in [0.1, 0.15) is 58.6 Å². The van der Waals surface area contributed by atoms with Crippen LogP contribution < -0.4 is 26.2 Å². The highest BCUT2D eigenvalue weighted by molar-refractivity contribution is 14.1. The number of sulfone groups is 1. The number of alkyl halides is 21. The molecule has 8 N–H and O–H groups in total. The number of nitrogens with one attached hydrogen (secondary N) is 4. The molecular weight excluding hydrogens is 2010 g/mol. The van der Waals surface area contributed by atoms with Crippen LogP contribution in [0.2, 0.25) is 19.6 Å². The minimum Gasteiger partial charge on any atom is -0.388 e. The van der Waals surface area contributed by atoms with Gasteiger partial charge in [0.05, 0.1) is 53.5 Å². The average Bonchev–Trinajstić information content (AvgIpc) is 1.61. The van der Waals surface area contributed by atoms with E-state index in [0.717, 1.165) is 79.7 Å². The Bertz CT molecular complexity index is 5980. The quantitative estimate of drug-likeness (QED) is 0.0270. The lowest BCUT2D eigenvalue weighted by Crippen LogP contribution is -2.42. The minimum atomic E-state index is -4.81. The van der Waals surface area contributed by atoms with Crippen molar-refractivity contribution < 1.29 is 117 Å². The number of hydrogen-bond acceptors (Lipinski definition) is 16. The number of pyridine rings is 7.